The van der Waals surface area contributed by atoms with Gasteiger partial charge in [0.1, 0.15) is 6.42 Å². The molecule has 3 aromatic rings. The average molecular weight is 377 g/mol. The van der Waals surface area contributed by atoms with Crippen LogP contribution in [0.3, 0.4) is 0 Å². The quantitative estimate of drug-likeness (QED) is 0.405. The van der Waals surface area contributed by atoms with Gasteiger partial charge in [0, 0.05) is 10.9 Å². The van der Waals surface area contributed by atoms with Crippen LogP contribution in [0, 0.1) is 0 Å². The Morgan fingerprint density at radius 2 is 1.68 bits per heavy atom. The van der Waals surface area contributed by atoms with Gasteiger partial charge in [0.2, 0.25) is 5.91 Å². The maximum Gasteiger partial charge on any atom is 0.315 e. The molecule has 2 N–H and O–H groups in total. The van der Waals surface area contributed by atoms with Gasteiger partial charge in [-0.25, -0.2) is 4.98 Å². The molecule has 1 heterocycles. The maximum atomic E-state index is 12.7. The zero-order valence-corrected chi connectivity index (χ0v) is 15.3. The van der Waals surface area contributed by atoms with Gasteiger partial charge in [0.25, 0.3) is 5.91 Å². The Morgan fingerprint density at radius 3 is 2.43 bits per heavy atom. The highest BCUT2D eigenvalue weighted by atomic mass is 16.5. The molecule has 2 aromatic carbocycles. The number of benzene rings is 2. The van der Waals surface area contributed by atoms with E-state index >= 15 is 0 Å². The maximum absolute atomic E-state index is 12.7. The van der Waals surface area contributed by atoms with Crippen LogP contribution in [0.5, 0.6) is 0 Å². The largest absolute Gasteiger partial charge is 0.466 e. The molecular formula is C21H19N3O4. The number of hydrazine groups is 1. The molecule has 0 aliphatic rings. The van der Waals surface area contributed by atoms with Crippen molar-refractivity contribution in [1.82, 2.24) is 15.8 Å². The molecule has 0 aliphatic carbocycles. The van der Waals surface area contributed by atoms with E-state index in [1.807, 2.05) is 48.5 Å². The Balaban J connectivity index is 1.84. The van der Waals surface area contributed by atoms with Crippen LogP contribution in [0.25, 0.3) is 22.2 Å². The molecule has 28 heavy (non-hydrogen) atoms. The summed E-state index contributed by atoms with van der Waals surface area (Å²) < 4.78 is 4.71. The SMILES string of the molecule is CCOC(=O)CC(=O)NNC(=O)c1cc(-c2ccccc2)nc2ccccc12. The lowest BCUT2D eigenvalue weighted by Crippen LogP contribution is -2.42. The number of para-hydroxylation sites is 1. The number of hydrogen-bond donors (Lipinski definition) is 2. The molecule has 0 saturated heterocycles. The van der Waals surface area contributed by atoms with Gasteiger partial charge in [-0.1, -0.05) is 48.5 Å². The summed E-state index contributed by atoms with van der Waals surface area (Å²) >= 11 is 0. The first kappa shape index (κ1) is 19.0. The Bertz CT molecular complexity index is 1020. The number of rotatable bonds is 5. The van der Waals surface area contributed by atoms with E-state index in [2.05, 4.69) is 15.8 Å². The second kappa shape index (κ2) is 8.77. The van der Waals surface area contributed by atoms with E-state index in [4.69, 9.17) is 4.74 Å². The number of amides is 2. The Hall–Kier alpha value is -3.74. The van der Waals surface area contributed by atoms with Crippen molar-refractivity contribution >= 4 is 28.7 Å². The van der Waals surface area contributed by atoms with Crippen molar-refractivity contribution < 1.29 is 19.1 Å². The molecule has 1 aromatic heterocycles. The van der Waals surface area contributed by atoms with E-state index in [0.29, 0.717) is 22.2 Å². The minimum atomic E-state index is -0.659. The van der Waals surface area contributed by atoms with Gasteiger partial charge in [-0.05, 0) is 19.1 Å². The molecule has 7 nitrogen and oxygen atoms in total. The third kappa shape index (κ3) is 4.50. The third-order valence-corrected chi connectivity index (χ3v) is 3.96. The van der Waals surface area contributed by atoms with Gasteiger partial charge in [0.05, 0.1) is 23.4 Å². The van der Waals surface area contributed by atoms with Crippen LogP contribution in [0.1, 0.15) is 23.7 Å². The van der Waals surface area contributed by atoms with Gasteiger partial charge in [-0.3, -0.25) is 25.2 Å². The van der Waals surface area contributed by atoms with Crippen LogP contribution < -0.4 is 10.9 Å². The molecule has 7 heteroatoms. The van der Waals surface area contributed by atoms with E-state index in [1.165, 1.54) is 0 Å². The van der Waals surface area contributed by atoms with Crippen molar-refractivity contribution in [2.75, 3.05) is 6.61 Å². The van der Waals surface area contributed by atoms with Crippen LogP contribution in [-0.4, -0.2) is 29.4 Å². The van der Waals surface area contributed by atoms with Crippen molar-refractivity contribution in [1.29, 1.82) is 0 Å². The van der Waals surface area contributed by atoms with Crippen LogP contribution in [-0.2, 0) is 14.3 Å². The number of aromatic nitrogens is 1. The van der Waals surface area contributed by atoms with Crippen LogP contribution in [0.15, 0.2) is 60.7 Å². The van der Waals surface area contributed by atoms with Gasteiger partial charge in [-0.15, -0.1) is 0 Å². The van der Waals surface area contributed by atoms with Gasteiger partial charge >= 0.3 is 5.97 Å². The first-order chi connectivity index (χ1) is 13.6. The molecule has 0 bridgehead atoms. The summed E-state index contributed by atoms with van der Waals surface area (Å²) in [6, 6.07) is 18.4. The van der Waals surface area contributed by atoms with Gasteiger partial charge in [0.15, 0.2) is 0 Å². The molecule has 0 saturated carbocycles. The highest BCUT2D eigenvalue weighted by Crippen LogP contribution is 2.24. The van der Waals surface area contributed by atoms with Crippen molar-refractivity contribution in [2.45, 2.75) is 13.3 Å². The number of nitrogens with zero attached hydrogens (tertiary/aromatic N) is 1. The lowest BCUT2D eigenvalue weighted by molar-refractivity contribution is -0.146. The van der Waals surface area contributed by atoms with Gasteiger partial charge < -0.3 is 4.74 Å². The summed E-state index contributed by atoms with van der Waals surface area (Å²) in [6.07, 6.45) is -0.472. The highest BCUT2D eigenvalue weighted by molar-refractivity contribution is 6.08. The molecule has 0 unspecified atom stereocenters. The summed E-state index contributed by atoms with van der Waals surface area (Å²) in [5.41, 5.74) is 7.11. The standard InChI is InChI=1S/C21H19N3O4/c1-2-28-20(26)13-19(25)23-24-21(27)16-12-18(14-8-4-3-5-9-14)22-17-11-7-6-10-15(16)17/h3-12H,2,13H2,1H3,(H,23,25)(H,24,27). The third-order valence-electron chi connectivity index (χ3n) is 3.96. The Morgan fingerprint density at radius 1 is 0.964 bits per heavy atom. The summed E-state index contributed by atoms with van der Waals surface area (Å²) in [5, 5.41) is 0.652. The van der Waals surface area contributed by atoms with Crippen LogP contribution in [0.2, 0.25) is 0 Å². The minimum absolute atomic E-state index is 0.184. The molecule has 142 valence electrons. The normalized spacial score (nSPS) is 10.3. The topological polar surface area (TPSA) is 97.4 Å². The first-order valence-corrected chi connectivity index (χ1v) is 8.78. The number of carbonyl (C=O) groups excluding carboxylic acids is 3. The van der Waals surface area contributed by atoms with Gasteiger partial charge in [-0.2, -0.15) is 0 Å². The van der Waals surface area contributed by atoms with Crippen molar-refractivity contribution in [3.05, 3.63) is 66.2 Å². The summed E-state index contributed by atoms with van der Waals surface area (Å²) in [5.74, 6) is -1.82. The molecule has 0 radical (unpaired) electrons. The van der Waals surface area contributed by atoms with Crippen molar-refractivity contribution in [3.8, 4) is 11.3 Å². The van der Waals surface area contributed by atoms with E-state index in [9.17, 15) is 14.4 Å². The number of hydrogen-bond acceptors (Lipinski definition) is 5. The molecular weight excluding hydrogens is 358 g/mol. The van der Waals surface area contributed by atoms with Crippen molar-refractivity contribution in [2.24, 2.45) is 0 Å². The molecule has 0 fully saturated rings. The summed E-state index contributed by atoms with van der Waals surface area (Å²) in [4.78, 5) is 40.4. The number of pyridine rings is 1. The predicted molar refractivity (Wildman–Crippen MR) is 104 cm³/mol. The molecule has 0 aliphatic heterocycles. The molecule has 0 atom stereocenters. The molecule has 2 amide bonds. The zero-order valence-electron chi connectivity index (χ0n) is 15.3. The second-order valence-corrected chi connectivity index (χ2v) is 5.92. The van der Waals surface area contributed by atoms with Crippen molar-refractivity contribution in [3.63, 3.8) is 0 Å². The fraction of sp³-hybridized carbons (Fsp3) is 0.143. The molecule has 3 rings (SSSR count). The fourth-order valence-electron chi connectivity index (χ4n) is 2.70. The second-order valence-electron chi connectivity index (χ2n) is 5.92. The lowest BCUT2D eigenvalue weighted by Gasteiger charge is -2.11. The zero-order chi connectivity index (χ0) is 19.9. The first-order valence-electron chi connectivity index (χ1n) is 8.78. The van der Waals surface area contributed by atoms with Crippen LogP contribution in [0.4, 0.5) is 0 Å². The smallest absolute Gasteiger partial charge is 0.315 e. The summed E-state index contributed by atoms with van der Waals surface area (Å²) in [7, 11) is 0. The number of carbonyl (C=O) groups is 3. The van der Waals surface area contributed by atoms with Crippen LogP contribution >= 0.6 is 0 Å². The van der Waals surface area contributed by atoms with E-state index in [-0.39, 0.29) is 6.61 Å². The fourth-order valence-corrected chi connectivity index (χ4v) is 2.70. The minimum Gasteiger partial charge on any atom is -0.466 e. The highest BCUT2D eigenvalue weighted by Gasteiger charge is 2.16. The number of nitrogens with one attached hydrogen (secondary N) is 2. The average Bonchev–Trinajstić information content (AvgIpc) is 2.72. The predicted octanol–water partition coefficient (Wildman–Crippen LogP) is 2.62. The lowest BCUT2D eigenvalue weighted by atomic mass is 10.0. The monoisotopic (exact) mass is 377 g/mol. The molecule has 0 spiro atoms. The number of esters is 1. The van der Waals surface area contributed by atoms with E-state index < -0.39 is 24.2 Å². The number of fused-ring (bicyclic) bond motifs is 1. The summed E-state index contributed by atoms with van der Waals surface area (Å²) in [6.45, 7) is 1.83. The Kier molecular flexibility index (Phi) is 5.96. The van der Waals surface area contributed by atoms with E-state index in [0.717, 1.165) is 5.56 Å². The Labute approximate surface area is 161 Å². The van der Waals surface area contributed by atoms with E-state index in [1.54, 1.807) is 19.1 Å². The number of ether oxygens (including phenoxy) is 1.